The zero-order valence-electron chi connectivity index (χ0n) is 5.62. The summed E-state index contributed by atoms with van der Waals surface area (Å²) in [6.07, 6.45) is 0.00743. The Morgan fingerprint density at radius 1 is 1.17 bits per heavy atom. The number of allylic oxidation sites excluding steroid dienone is 3. The molecule has 0 saturated heterocycles. The molecule has 1 rings (SSSR count). The van der Waals surface area contributed by atoms with Crippen LogP contribution in [0, 0.1) is 0 Å². The second-order valence-corrected chi connectivity index (χ2v) is 2.33. The number of hydrogen-bond acceptors (Lipinski definition) is 1. The van der Waals surface area contributed by atoms with Crippen LogP contribution in [-0.2, 0) is 0 Å². The average Bonchev–Trinajstić information content (AvgIpc) is 1.82. The smallest absolute Gasteiger partial charge is 0.364 e. The topological polar surface area (TPSA) is 26.0 Å². The van der Waals surface area contributed by atoms with E-state index in [0.29, 0.717) is 0 Å². The summed E-state index contributed by atoms with van der Waals surface area (Å²) in [6, 6.07) is 0. The zero-order valence-corrected chi connectivity index (χ0v) is 5.62. The van der Waals surface area contributed by atoms with Crippen molar-refractivity contribution in [2.45, 2.75) is 11.8 Å². The monoisotopic (exact) mass is 185 g/mol. The highest BCUT2D eigenvalue weighted by Crippen LogP contribution is 2.44. The highest BCUT2D eigenvalue weighted by molar-refractivity contribution is 5.33. The Morgan fingerprint density at radius 2 is 1.67 bits per heavy atom. The number of nitrogens with two attached hydrogens (primary N) is 1. The Balaban J connectivity index is 3.18. The van der Waals surface area contributed by atoms with Crippen LogP contribution in [0.2, 0.25) is 0 Å². The number of alkyl halides is 4. The Bertz CT molecular complexity index is 265. The lowest BCUT2D eigenvalue weighted by molar-refractivity contribution is -0.166. The van der Waals surface area contributed by atoms with Gasteiger partial charge in [-0.15, -0.1) is 0 Å². The average molecular weight is 185 g/mol. The Labute approximate surface area is 64.3 Å². The molecule has 0 saturated carbocycles. The highest BCUT2D eigenvalue weighted by Gasteiger charge is 2.60. The van der Waals surface area contributed by atoms with Gasteiger partial charge >= 0.3 is 11.8 Å². The highest BCUT2D eigenvalue weighted by atomic mass is 19.3. The maximum Gasteiger partial charge on any atom is 0.364 e. The SMILES string of the molecule is NC1=CC(F)(F)C(F)(F)C(F)=C1. The van der Waals surface area contributed by atoms with E-state index in [2.05, 4.69) is 0 Å². The molecule has 0 aromatic heterocycles. The first-order chi connectivity index (χ1) is 5.27. The van der Waals surface area contributed by atoms with Crippen LogP contribution in [0.4, 0.5) is 22.0 Å². The Kier molecular flexibility index (Phi) is 1.66. The lowest BCUT2D eigenvalue weighted by Crippen LogP contribution is -2.42. The van der Waals surface area contributed by atoms with Crippen LogP contribution in [0.5, 0.6) is 0 Å². The van der Waals surface area contributed by atoms with Crippen molar-refractivity contribution in [3.63, 3.8) is 0 Å². The van der Waals surface area contributed by atoms with E-state index in [1.807, 2.05) is 0 Å². The second kappa shape index (κ2) is 2.21. The van der Waals surface area contributed by atoms with Crippen LogP contribution in [0.3, 0.4) is 0 Å². The standard InChI is InChI=1S/C6H4F5N/c7-4-1-3(12)2-5(8,9)6(4,10)11/h1-2H,12H2. The van der Waals surface area contributed by atoms with Crippen molar-refractivity contribution in [3.8, 4) is 0 Å². The van der Waals surface area contributed by atoms with Gasteiger partial charge in [0.1, 0.15) is 0 Å². The Hall–Kier alpha value is -1.07. The molecule has 12 heavy (non-hydrogen) atoms. The molecule has 1 nitrogen and oxygen atoms in total. The molecule has 0 aromatic rings. The van der Waals surface area contributed by atoms with E-state index in [0.717, 1.165) is 0 Å². The fraction of sp³-hybridized carbons (Fsp3) is 0.333. The van der Waals surface area contributed by atoms with Crippen molar-refractivity contribution in [2.24, 2.45) is 5.73 Å². The van der Waals surface area contributed by atoms with Gasteiger partial charge < -0.3 is 5.73 Å². The molecular weight excluding hydrogens is 181 g/mol. The first-order valence-corrected chi connectivity index (χ1v) is 2.89. The third-order valence-electron chi connectivity index (χ3n) is 1.36. The summed E-state index contributed by atoms with van der Waals surface area (Å²) in [5.41, 5.74) is 4.05. The van der Waals surface area contributed by atoms with Gasteiger partial charge in [0, 0.05) is 11.8 Å². The first-order valence-electron chi connectivity index (χ1n) is 2.89. The van der Waals surface area contributed by atoms with Gasteiger partial charge in [0.05, 0.1) is 0 Å². The van der Waals surface area contributed by atoms with Gasteiger partial charge in [0.2, 0.25) is 0 Å². The molecule has 0 radical (unpaired) electrons. The van der Waals surface area contributed by atoms with E-state index < -0.39 is 23.4 Å². The lowest BCUT2D eigenvalue weighted by Gasteiger charge is -2.25. The molecule has 6 heteroatoms. The normalized spacial score (nSPS) is 26.1. The number of hydrogen-bond donors (Lipinski definition) is 1. The molecule has 0 unspecified atom stereocenters. The molecule has 1 aliphatic rings. The molecule has 0 heterocycles. The number of halogens is 5. The minimum atomic E-state index is -4.78. The molecule has 0 aromatic carbocycles. The molecule has 0 amide bonds. The fourth-order valence-electron chi connectivity index (χ4n) is 0.738. The predicted molar refractivity (Wildman–Crippen MR) is 31.4 cm³/mol. The second-order valence-electron chi connectivity index (χ2n) is 2.33. The van der Waals surface area contributed by atoms with Crippen molar-refractivity contribution in [1.29, 1.82) is 0 Å². The van der Waals surface area contributed by atoms with E-state index in [4.69, 9.17) is 5.73 Å². The van der Waals surface area contributed by atoms with Crippen LogP contribution in [0.15, 0.2) is 23.7 Å². The molecule has 0 aliphatic heterocycles. The summed E-state index contributed by atoms with van der Waals surface area (Å²) >= 11 is 0. The van der Waals surface area contributed by atoms with E-state index in [9.17, 15) is 22.0 Å². The Morgan fingerprint density at radius 3 is 2.08 bits per heavy atom. The summed E-state index contributed by atoms with van der Waals surface area (Å²) in [4.78, 5) is 0. The fourth-order valence-corrected chi connectivity index (χ4v) is 0.738. The summed E-state index contributed by atoms with van der Waals surface area (Å²) in [7, 11) is 0. The van der Waals surface area contributed by atoms with Crippen molar-refractivity contribution in [2.75, 3.05) is 0 Å². The molecule has 0 bridgehead atoms. The molecule has 0 spiro atoms. The summed E-state index contributed by atoms with van der Waals surface area (Å²) in [6.45, 7) is 0. The minimum Gasteiger partial charge on any atom is -0.399 e. The van der Waals surface area contributed by atoms with Crippen LogP contribution < -0.4 is 5.73 Å². The van der Waals surface area contributed by atoms with Crippen LogP contribution >= 0.6 is 0 Å². The van der Waals surface area contributed by atoms with Gasteiger partial charge in [-0.2, -0.15) is 17.6 Å². The third-order valence-corrected chi connectivity index (χ3v) is 1.36. The summed E-state index contributed by atoms with van der Waals surface area (Å²) in [5, 5.41) is 0. The van der Waals surface area contributed by atoms with Crippen molar-refractivity contribution in [1.82, 2.24) is 0 Å². The van der Waals surface area contributed by atoms with Crippen LogP contribution in [-0.4, -0.2) is 11.8 Å². The third kappa shape index (κ3) is 1.07. The largest absolute Gasteiger partial charge is 0.399 e. The van der Waals surface area contributed by atoms with Gasteiger partial charge in [-0.3, -0.25) is 0 Å². The zero-order chi connectivity index (χ0) is 9.57. The first kappa shape index (κ1) is 9.02. The quantitative estimate of drug-likeness (QED) is 0.573. The van der Waals surface area contributed by atoms with Crippen molar-refractivity contribution < 1.29 is 22.0 Å². The van der Waals surface area contributed by atoms with Crippen molar-refractivity contribution in [3.05, 3.63) is 23.7 Å². The summed E-state index contributed by atoms with van der Waals surface area (Å²) < 4.78 is 61.3. The van der Waals surface area contributed by atoms with Crippen molar-refractivity contribution >= 4 is 0 Å². The molecule has 2 N–H and O–H groups in total. The maximum absolute atomic E-state index is 12.3. The predicted octanol–water partition coefficient (Wildman–Crippen LogP) is 1.97. The van der Waals surface area contributed by atoms with E-state index in [-0.39, 0.29) is 12.2 Å². The van der Waals surface area contributed by atoms with Gasteiger partial charge in [-0.25, -0.2) is 4.39 Å². The van der Waals surface area contributed by atoms with E-state index in [1.165, 1.54) is 0 Å². The van der Waals surface area contributed by atoms with E-state index >= 15 is 0 Å². The van der Waals surface area contributed by atoms with Gasteiger partial charge in [0.25, 0.3) is 0 Å². The lowest BCUT2D eigenvalue weighted by atomic mass is 10.0. The minimum absolute atomic E-state index is 0.171. The van der Waals surface area contributed by atoms with Gasteiger partial charge in [0.15, 0.2) is 5.83 Å². The van der Waals surface area contributed by atoms with Gasteiger partial charge in [-0.1, -0.05) is 0 Å². The molecule has 0 atom stereocenters. The van der Waals surface area contributed by atoms with Gasteiger partial charge in [-0.05, 0) is 6.08 Å². The van der Waals surface area contributed by atoms with E-state index in [1.54, 1.807) is 0 Å². The summed E-state index contributed by atoms with van der Waals surface area (Å²) in [5.74, 6) is -11.5. The molecule has 1 aliphatic carbocycles. The maximum atomic E-state index is 12.3. The molecule has 0 fully saturated rings. The van der Waals surface area contributed by atoms with Crippen LogP contribution in [0.1, 0.15) is 0 Å². The number of rotatable bonds is 0. The molecular formula is C6H4F5N. The molecule has 68 valence electrons. The van der Waals surface area contributed by atoms with Crippen LogP contribution in [0.25, 0.3) is 0 Å².